The fourth-order valence-electron chi connectivity index (χ4n) is 2.00. The number of fused-ring (bicyclic) bond motifs is 1. The van der Waals surface area contributed by atoms with Crippen molar-refractivity contribution < 1.29 is 4.39 Å². The van der Waals surface area contributed by atoms with E-state index in [9.17, 15) is 4.39 Å². The molecule has 1 aromatic heterocycles. The minimum Gasteiger partial charge on any atom is -0.310 e. The Morgan fingerprint density at radius 1 is 1.24 bits per heavy atom. The molecule has 0 amide bonds. The minimum atomic E-state index is -0.221. The smallest absolute Gasteiger partial charge is 0.229 e. The van der Waals surface area contributed by atoms with Gasteiger partial charge in [0.05, 0.1) is 5.69 Å². The molecule has 0 spiro atoms. The fourth-order valence-corrected chi connectivity index (χ4v) is 2.28. The standard InChI is InChI=1S/C12H9FIN3/c13-9-2-1-8-3-4-17(11(8)5-9)12-15-6-10(14)7-16-12/h1-2,5-7H,3-4H2. The lowest BCUT2D eigenvalue weighted by atomic mass is 10.2. The van der Waals surface area contributed by atoms with Crippen molar-refractivity contribution in [3.05, 3.63) is 45.5 Å². The van der Waals surface area contributed by atoms with Crippen molar-refractivity contribution in [1.29, 1.82) is 0 Å². The highest BCUT2D eigenvalue weighted by Gasteiger charge is 2.22. The van der Waals surface area contributed by atoms with E-state index in [0.29, 0.717) is 5.95 Å². The van der Waals surface area contributed by atoms with Crippen LogP contribution in [-0.2, 0) is 6.42 Å². The predicted octanol–water partition coefficient (Wildman–Crippen LogP) is 2.91. The third-order valence-electron chi connectivity index (χ3n) is 2.79. The predicted molar refractivity (Wildman–Crippen MR) is 71.9 cm³/mol. The van der Waals surface area contributed by atoms with E-state index in [-0.39, 0.29) is 5.82 Å². The first-order valence-corrected chi connectivity index (χ1v) is 6.35. The molecule has 0 fully saturated rings. The summed E-state index contributed by atoms with van der Waals surface area (Å²) in [6.07, 6.45) is 4.44. The van der Waals surface area contributed by atoms with E-state index < -0.39 is 0 Å². The minimum absolute atomic E-state index is 0.221. The molecule has 0 atom stereocenters. The lowest BCUT2D eigenvalue weighted by Crippen LogP contribution is -2.16. The Labute approximate surface area is 112 Å². The Bertz CT molecular complexity index is 556. The van der Waals surface area contributed by atoms with Crippen molar-refractivity contribution in [3.63, 3.8) is 0 Å². The molecule has 0 aliphatic carbocycles. The van der Waals surface area contributed by atoms with Gasteiger partial charge in [-0.05, 0) is 46.7 Å². The molecule has 0 bridgehead atoms. The van der Waals surface area contributed by atoms with Crippen molar-refractivity contribution >= 4 is 34.2 Å². The van der Waals surface area contributed by atoms with Crippen LogP contribution in [0.4, 0.5) is 16.0 Å². The van der Waals surface area contributed by atoms with Crippen LogP contribution in [0.3, 0.4) is 0 Å². The molecule has 0 saturated carbocycles. The first-order chi connectivity index (χ1) is 8.24. The molecule has 1 aromatic carbocycles. The van der Waals surface area contributed by atoms with Gasteiger partial charge in [-0.2, -0.15) is 0 Å². The van der Waals surface area contributed by atoms with Crippen LogP contribution in [-0.4, -0.2) is 16.5 Å². The summed E-state index contributed by atoms with van der Waals surface area (Å²) in [4.78, 5) is 10.5. The number of rotatable bonds is 1. The first kappa shape index (κ1) is 10.9. The van der Waals surface area contributed by atoms with Crippen molar-refractivity contribution in [2.24, 2.45) is 0 Å². The van der Waals surface area contributed by atoms with Crippen LogP contribution in [0, 0.1) is 9.39 Å². The van der Waals surface area contributed by atoms with Gasteiger partial charge in [-0.3, -0.25) is 0 Å². The van der Waals surface area contributed by atoms with E-state index in [1.165, 1.54) is 6.07 Å². The number of anilines is 2. The molecule has 0 radical (unpaired) electrons. The van der Waals surface area contributed by atoms with Gasteiger partial charge in [0.15, 0.2) is 0 Å². The number of halogens is 2. The summed E-state index contributed by atoms with van der Waals surface area (Å²) in [5.74, 6) is 0.413. The summed E-state index contributed by atoms with van der Waals surface area (Å²) in [6, 6.07) is 4.87. The van der Waals surface area contributed by atoms with Crippen LogP contribution >= 0.6 is 22.6 Å². The lowest BCUT2D eigenvalue weighted by Gasteiger charge is -2.16. The molecule has 3 nitrogen and oxygen atoms in total. The maximum Gasteiger partial charge on any atom is 0.229 e. The Balaban J connectivity index is 2.03. The normalized spacial score (nSPS) is 13.9. The fraction of sp³-hybridized carbons (Fsp3) is 0.167. The summed E-state index contributed by atoms with van der Waals surface area (Å²) in [5.41, 5.74) is 2.03. The molecule has 0 N–H and O–H groups in total. The summed E-state index contributed by atoms with van der Waals surface area (Å²) in [6.45, 7) is 0.805. The monoisotopic (exact) mass is 341 g/mol. The maximum atomic E-state index is 13.2. The van der Waals surface area contributed by atoms with Crippen LogP contribution in [0.2, 0.25) is 0 Å². The van der Waals surface area contributed by atoms with E-state index in [4.69, 9.17) is 0 Å². The zero-order valence-electron chi connectivity index (χ0n) is 8.90. The summed E-state index contributed by atoms with van der Waals surface area (Å²) < 4.78 is 14.2. The molecule has 86 valence electrons. The third kappa shape index (κ3) is 1.99. The summed E-state index contributed by atoms with van der Waals surface area (Å²) in [7, 11) is 0. The van der Waals surface area contributed by atoms with Crippen LogP contribution < -0.4 is 4.90 Å². The van der Waals surface area contributed by atoms with E-state index in [1.807, 2.05) is 11.0 Å². The second-order valence-corrected chi connectivity index (χ2v) is 5.12. The topological polar surface area (TPSA) is 29.0 Å². The lowest BCUT2D eigenvalue weighted by molar-refractivity contribution is 0.628. The Morgan fingerprint density at radius 3 is 2.76 bits per heavy atom. The number of aromatic nitrogens is 2. The van der Waals surface area contributed by atoms with Gasteiger partial charge in [-0.1, -0.05) is 6.07 Å². The van der Waals surface area contributed by atoms with Gasteiger partial charge in [-0.25, -0.2) is 14.4 Å². The second-order valence-electron chi connectivity index (χ2n) is 3.88. The molecule has 2 heterocycles. The largest absolute Gasteiger partial charge is 0.310 e. The Kier molecular flexibility index (Phi) is 2.70. The van der Waals surface area contributed by atoms with Crippen LogP contribution in [0.1, 0.15) is 5.56 Å². The van der Waals surface area contributed by atoms with Crippen molar-refractivity contribution in [3.8, 4) is 0 Å². The second kappa shape index (κ2) is 4.21. The van der Waals surface area contributed by atoms with Crippen molar-refractivity contribution in [2.75, 3.05) is 11.4 Å². The molecular weight excluding hydrogens is 332 g/mol. The van der Waals surface area contributed by atoms with Crippen LogP contribution in [0.15, 0.2) is 30.6 Å². The molecule has 5 heteroatoms. The molecule has 2 aromatic rings. The number of hydrogen-bond donors (Lipinski definition) is 0. The highest BCUT2D eigenvalue weighted by molar-refractivity contribution is 14.1. The van der Waals surface area contributed by atoms with Gasteiger partial charge in [0.25, 0.3) is 0 Å². The summed E-state index contributed by atoms with van der Waals surface area (Å²) >= 11 is 2.16. The van der Waals surface area contributed by atoms with Crippen LogP contribution in [0.5, 0.6) is 0 Å². The average molecular weight is 341 g/mol. The quantitative estimate of drug-likeness (QED) is 0.747. The average Bonchev–Trinajstić information content (AvgIpc) is 2.73. The SMILES string of the molecule is Fc1ccc2c(c1)N(c1ncc(I)cn1)CC2. The van der Waals surface area contributed by atoms with E-state index in [1.54, 1.807) is 18.5 Å². The highest BCUT2D eigenvalue weighted by Crippen LogP contribution is 2.32. The van der Waals surface area contributed by atoms with Gasteiger partial charge in [0, 0.05) is 22.5 Å². The van der Waals surface area contributed by atoms with Crippen molar-refractivity contribution in [1.82, 2.24) is 9.97 Å². The molecule has 3 rings (SSSR count). The molecule has 0 unspecified atom stereocenters. The number of benzene rings is 1. The molecule has 17 heavy (non-hydrogen) atoms. The first-order valence-electron chi connectivity index (χ1n) is 5.27. The molecule has 0 saturated heterocycles. The van der Waals surface area contributed by atoms with E-state index in [0.717, 1.165) is 27.8 Å². The zero-order valence-corrected chi connectivity index (χ0v) is 11.1. The number of hydrogen-bond acceptors (Lipinski definition) is 3. The van der Waals surface area contributed by atoms with Gasteiger partial charge in [-0.15, -0.1) is 0 Å². The highest BCUT2D eigenvalue weighted by atomic mass is 127. The van der Waals surface area contributed by atoms with E-state index in [2.05, 4.69) is 32.6 Å². The van der Waals surface area contributed by atoms with E-state index >= 15 is 0 Å². The Morgan fingerprint density at radius 2 is 2.00 bits per heavy atom. The third-order valence-corrected chi connectivity index (χ3v) is 3.35. The molecule has 1 aliphatic rings. The van der Waals surface area contributed by atoms with Gasteiger partial charge in [0.2, 0.25) is 5.95 Å². The van der Waals surface area contributed by atoms with Crippen LogP contribution in [0.25, 0.3) is 0 Å². The molecule has 1 aliphatic heterocycles. The summed E-state index contributed by atoms with van der Waals surface area (Å²) in [5, 5.41) is 0. The molecular formula is C12H9FIN3. The number of nitrogens with zero attached hydrogens (tertiary/aromatic N) is 3. The van der Waals surface area contributed by atoms with Gasteiger partial charge >= 0.3 is 0 Å². The van der Waals surface area contributed by atoms with Crippen molar-refractivity contribution in [2.45, 2.75) is 6.42 Å². The van der Waals surface area contributed by atoms with Gasteiger partial charge < -0.3 is 4.90 Å². The Hall–Kier alpha value is -1.24. The maximum absolute atomic E-state index is 13.2. The zero-order chi connectivity index (χ0) is 11.8. The van der Waals surface area contributed by atoms with Gasteiger partial charge in [0.1, 0.15) is 5.82 Å².